The van der Waals surface area contributed by atoms with Gasteiger partial charge in [0.15, 0.2) is 0 Å². The SMILES string of the molecule is C[C@H](O)c1ccc(Br)cc1OC1CCOC1. The predicted molar refractivity (Wildman–Crippen MR) is 64.6 cm³/mol. The first-order valence-electron chi connectivity index (χ1n) is 5.38. The van der Waals surface area contributed by atoms with Crippen molar-refractivity contribution in [2.45, 2.75) is 25.6 Å². The van der Waals surface area contributed by atoms with Crippen LogP contribution in [0.5, 0.6) is 5.75 Å². The van der Waals surface area contributed by atoms with E-state index in [1.807, 2.05) is 18.2 Å². The predicted octanol–water partition coefficient (Wildman–Crippen LogP) is 2.67. The molecule has 3 nitrogen and oxygen atoms in total. The molecule has 0 aliphatic carbocycles. The molecule has 1 unspecified atom stereocenters. The fourth-order valence-corrected chi connectivity index (χ4v) is 2.08. The van der Waals surface area contributed by atoms with Crippen LogP contribution in [0.15, 0.2) is 22.7 Å². The van der Waals surface area contributed by atoms with Crippen molar-refractivity contribution in [2.75, 3.05) is 13.2 Å². The lowest BCUT2D eigenvalue weighted by Crippen LogP contribution is -2.17. The maximum absolute atomic E-state index is 9.64. The van der Waals surface area contributed by atoms with Crippen LogP contribution in [0, 0.1) is 0 Å². The molecule has 0 saturated carbocycles. The Labute approximate surface area is 104 Å². The molecule has 1 aliphatic rings. The number of benzene rings is 1. The Hall–Kier alpha value is -0.580. The number of hydrogen-bond acceptors (Lipinski definition) is 3. The molecule has 1 heterocycles. The summed E-state index contributed by atoms with van der Waals surface area (Å²) in [5.41, 5.74) is 0.815. The molecule has 16 heavy (non-hydrogen) atoms. The normalized spacial score (nSPS) is 22.1. The molecule has 1 saturated heterocycles. The number of hydrogen-bond donors (Lipinski definition) is 1. The Bertz CT molecular complexity index is 359. The zero-order valence-electron chi connectivity index (χ0n) is 9.15. The van der Waals surface area contributed by atoms with Crippen molar-refractivity contribution in [3.63, 3.8) is 0 Å². The number of rotatable bonds is 3. The van der Waals surface area contributed by atoms with Gasteiger partial charge in [-0.15, -0.1) is 0 Å². The Morgan fingerprint density at radius 1 is 1.56 bits per heavy atom. The standard InChI is InChI=1S/C12H15BrO3/c1-8(14)11-3-2-9(13)6-12(11)16-10-4-5-15-7-10/h2-3,6,8,10,14H,4-5,7H2,1H3/t8-,10?/m0/s1. The van der Waals surface area contributed by atoms with Crippen LogP contribution in [0.25, 0.3) is 0 Å². The van der Waals surface area contributed by atoms with Gasteiger partial charge in [-0.2, -0.15) is 0 Å². The molecule has 0 spiro atoms. The quantitative estimate of drug-likeness (QED) is 0.929. The zero-order valence-corrected chi connectivity index (χ0v) is 10.7. The number of halogens is 1. The lowest BCUT2D eigenvalue weighted by atomic mass is 10.1. The molecule has 88 valence electrons. The van der Waals surface area contributed by atoms with Crippen LogP contribution in [0.4, 0.5) is 0 Å². The monoisotopic (exact) mass is 286 g/mol. The summed E-state index contributed by atoms with van der Waals surface area (Å²) in [6.45, 7) is 3.12. The van der Waals surface area contributed by atoms with Crippen LogP contribution >= 0.6 is 15.9 Å². The molecule has 2 rings (SSSR count). The van der Waals surface area contributed by atoms with Gasteiger partial charge in [0.25, 0.3) is 0 Å². The van der Waals surface area contributed by atoms with E-state index in [9.17, 15) is 5.11 Å². The fraction of sp³-hybridized carbons (Fsp3) is 0.500. The molecule has 1 aromatic carbocycles. The first kappa shape index (κ1) is 11.9. The highest BCUT2D eigenvalue weighted by molar-refractivity contribution is 9.10. The molecular weight excluding hydrogens is 272 g/mol. The summed E-state index contributed by atoms with van der Waals surface area (Å²) in [6.07, 6.45) is 0.489. The largest absolute Gasteiger partial charge is 0.488 e. The van der Waals surface area contributed by atoms with Gasteiger partial charge in [-0.05, 0) is 19.1 Å². The molecule has 1 N–H and O–H groups in total. The van der Waals surface area contributed by atoms with Gasteiger partial charge < -0.3 is 14.6 Å². The molecule has 1 aromatic rings. The van der Waals surface area contributed by atoms with Crippen molar-refractivity contribution < 1.29 is 14.6 Å². The summed E-state index contributed by atoms with van der Waals surface area (Å²) in [5, 5.41) is 9.64. The highest BCUT2D eigenvalue weighted by Crippen LogP contribution is 2.30. The van der Waals surface area contributed by atoms with Gasteiger partial charge in [0, 0.05) is 16.5 Å². The second-order valence-corrected chi connectivity index (χ2v) is 4.88. The minimum atomic E-state index is -0.523. The highest BCUT2D eigenvalue weighted by Gasteiger charge is 2.19. The first-order valence-corrected chi connectivity index (χ1v) is 6.18. The zero-order chi connectivity index (χ0) is 11.5. The minimum Gasteiger partial charge on any atom is -0.488 e. The maximum atomic E-state index is 9.64. The van der Waals surface area contributed by atoms with Crippen LogP contribution in [0.2, 0.25) is 0 Å². The molecule has 0 radical (unpaired) electrons. The Balaban J connectivity index is 2.19. The third-order valence-electron chi connectivity index (χ3n) is 2.61. The third-order valence-corrected chi connectivity index (χ3v) is 3.10. The van der Waals surface area contributed by atoms with E-state index < -0.39 is 6.10 Å². The van der Waals surface area contributed by atoms with Crippen LogP contribution in [-0.4, -0.2) is 24.4 Å². The second kappa shape index (κ2) is 5.17. The molecule has 2 atom stereocenters. The van der Waals surface area contributed by atoms with Crippen molar-refractivity contribution in [3.05, 3.63) is 28.2 Å². The average molecular weight is 287 g/mol. The van der Waals surface area contributed by atoms with Crippen LogP contribution in [-0.2, 0) is 4.74 Å². The minimum absolute atomic E-state index is 0.104. The van der Waals surface area contributed by atoms with Crippen LogP contribution < -0.4 is 4.74 Å². The van der Waals surface area contributed by atoms with E-state index in [-0.39, 0.29) is 6.10 Å². The number of aliphatic hydroxyl groups excluding tert-OH is 1. The Morgan fingerprint density at radius 3 is 3.00 bits per heavy atom. The van der Waals surface area contributed by atoms with E-state index in [2.05, 4.69) is 15.9 Å². The summed E-state index contributed by atoms with van der Waals surface area (Å²) in [7, 11) is 0. The molecule has 0 amide bonds. The number of ether oxygens (including phenoxy) is 2. The van der Waals surface area contributed by atoms with E-state index >= 15 is 0 Å². The van der Waals surface area contributed by atoms with Gasteiger partial charge in [0.05, 0.1) is 19.3 Å². The van der Waals surface area contributed by atoms with E-state index in [0.717, 1.165) is 28.8 Å². The van der Waals surface area contributed by atoms with Gasteiger partial charge >= 0.3 is 0 Å². The fourth-order valence-electron chi connectivity index (χ4n) is 1.74. The highest BCUT2D eigenvalue weighted by atomic mass is 79.9. The van der Waals surface area contributed by atoms with E-state index in [1.54, 1.807) is 6.92 Å². The lowest BCUT2D eigenvalue weighted by molar-refractivity contribution is 0.135. The second-order valence-electron chi connectivity index (χ2n) is 3.96. The van der Waals surface area contributed by atoms with Gasteiger partial charge in [0.1, 0.15) is 11.9 Å². The molecule has 1 aliphatic heterocycles. The summed E-state index contributed by atoms with van der Waals surface area (Å²) in [6, 6.07) is 5.67. The summed E-state index contributed by atoms with van der Waals surface area (Å²) in [4.78, 5) is 0. The molecule has 4 heteroatoms. The summed E-state index contributed by atoms with van der Waals surface area (Å²) in [5.74, 6) is 0.736. The van der Waals surface area contributed by atoms with Crippen LogP contribution in [0.1, 0.15) is 25.0 Å². The van der Waals surface area contributed by atoms with Crippen molar-refractivity contribution in [1.82, 2.24) is 0 Å². The maximum Gasteiger partial charge on any atom is 0.126 e. The lowest BCUT2D eigenvalue weighted by Gasteiger charge is -2.17. The van der Waals surface area contributed by atoms with E-state index in [0.29, 0.717) is 6.61 Å². The summed E-state index contributed by atoms with van der Waals surface area (Å²) >= 11 is 3.40. The molecule has 0 bridgehead atoms. The van der Waals surface area contributed by atoms with E-state index in [1.165, 1.54) is 0 Å². The van der Waals surface area contributed by atoms with Gasteiger partial charge in [-0.25, -0.2) is 0 Å². The third kappa shape index (κ3) is 2.75. The van der Waals surface area contributed by atoms with Gasteiger partial charge in [-0.1, -0.05) is 22.0 Å². The smallest absolute Gasteiger partial charge is 0.126 e. The molecule has 1 fully saturated rings. The van der Waals surface area contributed by atoms with Crippen molar-refractivity contribution in [1.29, 1.82) is 0 Å². The van der Waals surface area contributed by atoms with Crippen molar-refractivity contribution in [3.8, 4) is 5.75 Å². The summed E-state index contributed by atoms with van der Waals surface area (Å²) < 4.78 is 12.0. The number of aliphatic hydroxyl groups is 1. The van der Waals surface area contributed by atoms with Gasteiger partial charge in [-0.3, -0.25) is 0 Å². The Kier molecular flexibility index (Phi) is 3.84. The topological polar surface area (TPSA) is 38.7 Å². The van der Waals surface area contributed by atoms with Crippen molar-refractivity contribution >= 4 is 15.9 Å². The van der Waals surface area contributed by atoms with Crippen molar-refractivity contribution in [2.24, 2.45) is 0 Å². The molecular formula is C12H15BrO3. The van der Waals surface area contributed by atoms with E-state index in [4.69, 9.17) is 9.47 Å². The first-order chi connectivity index (χ1) is 7.66. The molecule has 0 aromatic heterocycles. The van der Waals surface area contributed by atoms with Gasteiger partial charge in [0.2, 0.25) is 0 Å². The average Bonchev–Trinajstić information content (AvgIpc) is 2.70. The van der Waals surface area contributed by atoms with Crippen LogP contribution in [0.3, 0.4) is 0 Å². The Morgan fingerprint density at radius 2 is 2.38 bits per heavy atom.